The molecule has 3 aromatic rings. The Kier molecular flexibility index (Phi) is 9.75. The first-order valence-electron chi connectivity index (χ1n) is 13.7. The van der Waals surface area contributed by atoms with Crippen LogP contribution < -0.4 is 10.1 Å². The zero-order valence-corrected chi connectivity index (χ0v) is 23.6. The van der Waals surface area contributed by atoms with Gasteiger partial charge in [-0.3, -0.25) is 14.5 Å². The van der Waals surface area contributed by atoms with Crippen molar-refractivity contribution in [2.24, 2.45) is 5.92 Å². The Morgan fingerprint density at radius 1 is 1.07 bits per heavy atom. The van der Waals surface area contributed by atoms with Crippen molar-refractivity contribution in [2.45, 2.75) is 39.0 Å². The Balaban J connectivity index is 1.54. The van der Waals surface area contributed by atoms with E-state index in [1.54, 1.807) is 54.3 Å². The second kappa shape index (κ2) is 13.4. The lowest BCUT2D eigenvalue weighted by Crippen LogP contribution is -2.49. The number of fused-ring (bicyclic) bond motifs is 1. The lowest BCUT2D eigenvalue weighted by Gasteiger charge is -2.38. The monoisotopic (exact) mass is 559 g/mol. The molecule has 0 bridgehead atoms. The SMILES string of the molecule is C[C@@H]1CN([C@@H](C)CO)C(=O)c2cc(NC(=O)Cc3ccccc3)ccc2O[C@@H]1CN(C)Cc1ccc(C(=O)O)cc1. The molecule has 3 atom stereocenters. The fourth-order valence-electron chi connectivity index (χ4n) is 4.94. The maximum Gasteiger partial charge on any atom is 0.335 e. The molecule has 9 nitrogen and oxygen atoms in total. The van der Waals surface area contributed by atoms with Crippen LogP contribution in [0.3, 0.4) is 0 Å². The molecule has 0 spiro atoms. The van der Waals surface area contributed by atoms with Crippen molar-refractivity contribution < 1.29 is 29.3 Å². The van der Waals surface area contributed by atoms with Crippen LogP contribution in [0.4, 0.5) is 5.69 Å². The predicted octanol–water partition coefficient (Wildman–Crippen LogP) is 3.92. The van der Waals surface area contributed by atoms with E-state index in [0.29, 0.717) is 36.6 Å². The maximum absolute atomic E-state index is 13.7. The number of likely N-dealkylation sites (N-methyl/N-ethyl adjacent to an activating group) is 1. The Bertz CT molecular complexity index is 1360. The summed E-state index contributed by atoms with van der Waals surface area (Å²) in [6.45, 7) is 5.16. The van der Waals surface area contributed by atoms with Gasteiger partial charge < -0.3 is 25.2 Å². The summed E-state index contributed by atoms with van der Waals surface area (Å²) in [6.07, 6.45) is -0.0712. The number of hydrogen-bond donors (Lipinski definition) is 3. The Hall–Kier alpha value is -4.21. The van der Waals surface area contributed by atoms with E-state index in [9.17, 15) is 19.5 Å². The first kappa shape index (κ1) is 29.8. The number of carbonyl (C=O) groups excluding carboxylic acids is 2. The van der Waals surface area contributed by atoms with E-state index in [1.165, 1.54) is 0 Å². The summed E-state index contributed by atoms with van der Waals surface area (Å²) >= 11 is 0. The van der Waals surface area contributed by atoms with Gasteiger partial charge in [0.15, 0.2) is 0 Å². The van der Waals surface area contributed by atoms with E-state index in [-0.39, 0.29) is 42.4 Å². The largest absolute Gasteiger partial charge is 0.488 e. The zero-order valence-electron chi connectivity index (χ0n) is 23.6. The smallest absolute Gasteiger partial charge is 0.335 e. The zero-order chi connectivity index (χ0) is 29.5. The minimum absolute atomic E-state index is 0.0526. The summed E-state index contributed by atoms with van der Waals surface area (Å²) in [5.41, 5.74) is 2.91. The van der Waals surface area contributed by atoms with E-state index in [1.807, 2.05) is 44.3 Å². The number of aromatic carboxylic acids is 1. The molecule has 1 heterocycles. The Labute approximate surface area is 240 Å². The van der Waals surface area contributed by atoms with Crippen molar-refractivity contribution in [1.82, 2.24) is 9.80 Å². The van der Waals surface area contributed by atoms with Gasteiger partial charge >= 0.3 is 5.97 Å². The van der Waals surface area contributed by atoms with Crippen molar-refractivity contribution in [1.29, 1.82) is 0 Å². The molecule has 3 N–H and O–H groups in total. The van der Waals surface area contributed by atoms with E-state index in [2.05, 4.69) is 10.2 Å². The molecule has 0 aromatic heterocycles. The summed E-state index contributed by atoms with van der Waals surface area (Å²) in [6, 6.07) is 20.9. The number of hydrogen-bond acceptors (Lipinski definition) is 6. The van der Waals surface area contributed by atoms with Gasteiger partial charge in [-0.1, -0.05) is 49.4 Å². The number of amides is 2. The highest BCUT2D eigenvalue weighted by Crippen LogP contribution is 2.31. The number of carbonyl (C=O) groups is 3. The van der Waals surface area contributed by atoms with Crippen LogP contribution >= 0.6 is 0 Å². The number of benzene rings is 3. The molecule has 1 aliphatic rings. The number of nitrogens with zero attached hydrogens (tertiary/aromatic N) is 2. The summed E-state index contributed by atoms with van der Waals surface area (Å²) in [4.78, 5) is 41.3. The third-order valence-electron chi connectivity index (χ3n) is 7.30. The van der Waals surface area contributed by atoms with Crippen LogP contribution in [0.5, 0.6) is 5.75 Å². The van der Waals surface area contributed by atoms with Gasteiger partial charge in [0.2, 0.25) is 5.91 Å². The first-order valence-corrected chi connectivity index (χ1v) is 13.7. The van der Waals surface area contributed by atoms with Gasteiger partial charge in [0.1, 0.15) is 11.9 Å². The van der Waals surface area contributed by atoms with Gasteiger partial charge in [-0.05, 0) is 55.4 Å². The summed E-state index contributed by atoms with van der Waals surface area (Å²) < 4.78 is 6.45. The number of ether oxygens (including phenoxy) is 1. The molecular weight excluding hydrogens is 522 g/mol. The molecule has 0 saturated heterocycles. The van der Waals surface area contributed by atoms with Crippen molar-refractivity contribution in [2.75, 3.05) is 32.1 Å². The quantitative estimate of drug-likeness (QED) is 0.345. The minimum atomic E-state index is -0.963. The number of aliphatic hydroxyl groups excluding tert-OH is 1. The standard InChI is InChI=1S/C32H37N3O6/c1-21-17-35(22(2)20-36)31(38)27-16-26(33-30(37)15-23-7-5-4-6-8-23)13-14-28(27)41-29(21)19-34(3)18-24-9-11-25(12-10-24)32(39)40/h4-14,16,21-22,29,36H,15,17-20H2,1-3H3,(H,33,37)(H,39,40)/t21-,22+,29-/m1/s1. The molecule has 0 saturated carbocycles. The molecule has 4 rings (SSSR count). The summed E-state index contributed by atoms with van der Waals surface area (Å²) in [5.74, 6) is -1.06. The van der Waals surface area contributed by atoms with Crippen molar-refractivity contribution in [3.8, 4) is 5.75 Å². The molecule has 3 aromatic carbocycles. The normalized spacial score (nSPS) is 17.7. The number of anilines is 1. The highest BCUT2D eigenvalue weighted by molar-refractivity contribution is 6.00. The van der Waals surface area contributed by atoms with Crippen LogP contribution in [0.1, 0.15) is 45.7 Å². The van der Waals surface area contributed by atoms with Crippen LogP contribution in [0.25, 0.3) is 0 Å². The van der Waals surface area contributed by atoms with E-state index in [0.717, 1.165) is 11.1 Å². The Morgan fingerprint density at radius 3 is 2.44 bits per heavy atom. The summed E-state index contributed by atoms with van der Waals surface area (Å²) in [5, 5.41) is 22.0. The lowest BCUT2D eigenvalue weighted by molar-refractivity contribution is -0.115. The van der Waals surface area contributed by atoms with Crippen LogP contribution in [0.2, 0.25) is 0 Å². The number of nitrogens with one attached hydrogen (secondary N) is 1. The Morgan fingerprint density at radius 2 is 1.78 bits per heavy atom. The highest BCUT2D eigenvalue weighted by atomic mass is 16.5. The highest BCUT2D eigenvalue weighted by Gasteiger charge is 2.33. The first-order chi connectivity index (χ1) is 19.6. The van der Waals surface area contributed by atoms with E-state index >= 15 is 0 Å². The molecule has 0 fully saturated rings. The van der Waals surface area contributed by atoms with Crippen molar-refractivity contribution in [3.63, 3.8) is 0 Å². The number of rotatable bonds is 10. The molecule has 0 aliphatic carbocycles. The second-order valence-electron chi connectivity index (χ2n) is 10.7. The molecule has 1 aliphatic heterocycles. The van der Waals surface area contributed by atoms with Gasteiger partial charge in [0.05, 0.1) is 30.2 Å². The molecule has 0 radical (unpaired) electrons. The molecule has 216 valence electrons. The molecule has 41 heavy (non-hydrogen) atoms. The fraction of sp³-hybridized carbons (Fsp3) is 0.344. The average molecular weight is 560 g/mol. The topological polar surface area (TPSA) is 119 Å². The maximum atomic E-state index is 13.7. The number of aliphatic hydroxyl groups is 1. The predicted molar refractivity (Wildman–Crippen MR) is 156 cm³/mol. The van der Waals surface area contributed by atoms with Crippen molar-refractivity contribution >= 4 is 23.5 Å². The van der Waals surface area contributed by atoms with Gasteiger partial charge in [-0.25, -0.2) is 4.79 Å². The lowest BCUT2D eigenvalue weighted by atomic mass is 9.99. The number of carboxylic acids is 1. The van der Waals surface area contributed by atoms with Gasteiger partial charge in [0.25, 0.3) is 5.91 Å². The van der Waals surface area contributed by atoms with Crippen LogP contribution in [0, 0.1) is 5.92 Å². The third-order valence-corrected chi connectivity index (χ3v) is 7.30. The average Bonchev–Trinajstić information content (AvgIpc) is 2.95. The van der Waals surface area contributed by atoms with Crippen molar-refractivity contribution in [3.05, 3.63) is 95.1 Å². The van der Waals surface area contributed by atoms with E-state index < -0.39 is 12.0 Å². The third kappa shape index (κ3) is 7.71. The van der Waals surface area contributed by atoms with E-state index in [4.69, 9.17) is 9.84 Å². The van der Waals surface area contributed by atoms with Crippen LogP contribution in [-0.2, 0) is 17.8 Å². The molecule has 2 amide bonds. The number of carboxylic acid groups (broad SMARTS) is 1. The fourth-order valence-corrected chi connectivity index (χ4v) is 4.94. The van der Waals surface area contributed by atoms with Crippen LogP contribution in [-0.4, -0.2) is 76.7 Å². The minimum Gasteiger partial charge on any atom is -0.488 e. The molecule has 0 unspecified atom stereocenters. The molecular formula is C32H37N3O6. The summed E-state index contributed by atoms with van der Waals surface area (Å²) in [7, 11) is 1.96. The van der Waals surface area contributed by atoms with Gasteiger partial charge in [0, 0.05) is 31.2 Å². The van der Waals surface area contributed by atoms with Gasteiger partial charge in [-0.2, -0.15) is 0 Å². The second-order valence-corrected chi connectivity index (χ2v) is 10.7. The molecule has 9 heteroatoms. The van der Waals surface area contributed by atoms with Gasteiger partial charge in [-0.15, -0.1) is 0 Å². The van der Waals surface area contributed by atoms with Crippen LogP contribution in [0.15, 0.2) is 72.8 Å².